The lowest BCUT2D eigenvalue weighted by Gasteiger charge is -2.23. The van der Waals surface area contributed by atoms with Gasteiger partial charge in [-0.1, -0.05) is 6.07 Å². The molecular formula is C13H16ClF3N2O2. The van der Waals surface area contributed by atoms with Crippen LogP contribution in [0.25, 0.3) is 0 Å². The van der Waals surface area contributed by atoms with Crippen LogP contribution in [0.15, 0.2) is 18.2 Å². The molecule has 1 atom stereocenters. The van der Waals surface area contributed by atoms with Crippen molar-refractivity contribution in [2.24, 2.45) is 0 Å². The molecule has 0 spiro atoms. The van der Waals surface area contributed by atoms with E-state index in [9.17, 15) is 18.0 Å². The Morgan fingerprint density at radius 1 is 1.43 bits per heavy atom. The van der Waals surface area contributed by atoms with Crippen LogP contribution in [0.2, 0.25) is 0 Å². The number of carbonyl (C=O) groups excluding carboxylic acids is 1. The molecule has 0 bridgehead atoms. The van der Waals surface area contributed by atoms with Crippen LogP contribution in [0, 0.1) is 6.92 Å². The summed E-state index contributed by atoms with van der Waals surface area (Å²) in [6.45, 7) is 3.05. The summed E-state index contributed by atoms with van der Waals surface area (Å²) in [6, 6.07) is 3.26. The fourth-order valence-electron chi connectivity index (χ4n) is 1.88. The standard InChI is InChI=1S/C13H15F3N2O2.ClH/c1-8-2-3-9(13(14,15)16)6-10(8)18-12(19)11-7-17-4-5-20-11;/h2-3,6,11,17H,4-5,7H2,1H3,(H,18,19);1H. The summed E-state index contributed by atoms with van der Waals surface area (Å²) in [4.78, 5) is 11.9. The van der Waals surface area contributed by atoms with Gasteiger partial charge in [0.15, 0.2) is 0 Å². The summed E-state index contributed by atoms with van der Waals surface area (Å²) in [5, 5.41) is 5.47. The van der Waals surface area contributed by atoms with E-state index >= 15 is 0 Å². The van der Waals surface area contributed by atoms with E-state index in [4.69, 9.17) is 4.74 Å². The third-order valence-corrected chi connectivity index (χ3v) is 3.04. The highest BCUT2D eigenvalue weighted by atomic mass is 35.5. The maximum absolute atomic E-state index is 12.6. The minimum Gasteiger partial charge on any atom is -0.366 e. The average Bonchev–Trinajstić information content (AvgIpc) is 2.41. The predicted octanol–water partition coefficient (Wildman–Crippen LogP) is 2.36. The number of benzene rings is 1. The summed E-state index contributed by atoms with van der Waals surface area (Å²) < 4.78 is 43.2. The van der Waals surface area contributed by atoms with Gasteiger partial charge in [0, 0.05) is 18.8 Å². The first kappa shape index (κ1) is 17.7. The molecule has 0 saturated carbocycles. The normalized spacial score (nSPS) is 18.8. The van der Waals surface area contributed by atoms with Crippen molar-refractivity contribution in [3.8, 4) is 0 Å². The molecule has 0 aliphatic carbocycles. The highest BCUT2D eigenvalue weighted by Crippen LogP contribution is 2.32. The van der Waals surface area contributed by atoms with E-state index < -0.39 is 23.8 Å². The second-order valence-electron chi connectivity index (χ2n) is 4.58. The quantitative estimate of drug-likeness (QED) is 0.878. The Labute approximate surface area is 126 Å². The third kappa shape index (κ3) is 4.59. The fraction of sp³-hybridized carbons (Fsp3) is 0.462. The van der Waals surface area contributed by atoms with Gasteiger partial charge >= 0.3 is 6.18 Å². The molecule has 1 unspecified atom stereocenters. The number of hydrogen-bond donors (Lipinski definition) is 2. The van der Waals surface area contributed by atoms with Crippen molar-refractivity contribution < 1.29 is 22.7 Å². The molecule has 2 rings (SSSR count). The lowest BCUT2D eigenvalue weighted by Crippen LogP contribution is -2.45. The molecule has 0 aromatic heterocycles. The number of rotatable bonds is 2. The molecule has 1 aliphatic heterocycles. The van der Waals surface area contributed by atoms with Gasteiger partial charge in [-0.3, -0.25) is 4.79 Å². The first-order chi connectivity index (χ1) is 9.38. The zero-order valence-corrected chi connectivity index (χ0v) is 12.1. The summed E-state index contributed by atoms with van der Waals surface area (Å²) in [5.74, 6) is -0.445. The van der Waals surface area contributed by atoms with Crippen LogP contribution in [-0.2, 0) is 15.7 Å². The number of hydrogen-bond acceptors (Lipinski definition) is 3. The Balaban J connectivity index is 0.00000220. The average molecular weight is 325 g/mol. The predicted molar refractivity (Wildman–Crippen MR) is 74.7 cm³/mol. The molecule has 21 heavy (non-hydrogen) atoms. The van der Waals surface area contributed by atoms with Gasteiger partial charge < -0.3 is 15.4 Å². The van der Waals surface area contributed by atoms with Gasteiger partial charge in [-0.15, -0.1) is 12.4 Å². The minimum absolute atomic E-state index is 0. The first-order valence-electron chi connectivity index (χ1n) is 6.19. The van der Waals surface area contributed by atoms with Crippen LogP contribution in [0.3, 0.4) is 0 Å². The molecule has 1 aromatic rings. The number of anilines is 1. The number of alkyl halides is 3. The fourth-order valence-corrected chi connectivity index (χ4v) is 1.88. The molecule has 1 heterocycles. The van der Waals surface area contributed by atoms with Crippen molar-refractivity contribution in [3.63, 3.8) is 0 Å². The minimum atomic E-state index is -4.43. The number of nitrogens with one attached hydrogen (secondary N) is 2. The van der Waals surface area contributed by atoms with Crippen molar-refractivity contribution >= 4 is 24.0 Å². The van der Waals surface area contributed by atoms with E-state index in [1.54, 1.807) is 6.92 Å². The number of carbonyl (C=O) groups is 1. The molecule has 1 saturated heterocycles. The lowest BCUT2D eigenvalue weighted by molar-refractivity contribution is -0.137. The van der Waals surface area contributed by atoms with Gasteiger partial charge in [0.05, 0.1) is 12.2 Å². The van der Waals surface area contributed by atoms with Crippen molar-refractivity contribution in [3.05, 3.63) is 29.3 Å². The van der Waals surface area contributed by atoms with Gasteiger partial charge in [0.25, 0.3) is 5.91 Å². The van der Waals surface area contributed by atoms with Crippen molar-refractivity contribution in [2.75, 3.05) is 25.0 Å². The first-order valence-corrected chi connectivity index (χ1v) is 6.19. The van der Waals surface area contributed by atoms with Crippen LogP contribution in [0.4, 0.5) is 18.9 Å². The van der Waals surface area contributed by atoms with Crippen molar-refractivity contribution in [1.82, 2.24) is 5.32 Å². The molecule has 1 amide bonds. The number of aryl methyl sites for hydroxylation is 1. The maximum atomic E-state index is 12.6. The molecule has 4 nitrogen and oxygen atoms in total. The van der Waals surface area contributed by atoms with Gasteiger partial charge in [0.1, 0.15) is 6.10 Å². The van der Waals surface area contributed by atoms with Crippen LogP contribution in [-0.4, -0.2) is 31.7 Å². The zero-order chi connectivity index (χ0) is 14.8. The van der Waals surface area contributed by atoms with Crippen LogP contribution >= 0.6 is 12.4 Å². The summed E-state index contributed by atoms with van der Waals surface area (Å²) in [7, 11) is 0. The topological polar surface area (TPSA) is 50.4 Å². The Morgan fingerprint density at radius 3 is 2.71 bits per heavy atom. The Kier molecular flexibility index (Phi) is 6.00. The molecule has 2 N–H and O–H groups in total. The monoisotopic (exact) mass is 324 g/mol. The lowest BCUT2D eigenvalue weighted by atomic mass is 10.1. The van der Waals surface area contributed by atoms with Crippen LogP contribution < -0.4 is 10.6 Å². The molecule has 118 valence electrons. The SMILES string of the molecule is Cc1ccc(C(F)(F)F)cc1NC(=O)C1CNCCO1.Cl. The number of halogens is 4. The van der Waals surface area contributed by atoms with E-state index in [0.29, 0.717) is 25.3 Å². The van der Waals surface area contributed by atoms with Gasteiger partial charge in [-0.25, -0.2) is 0 Å². The molecule has 8 heteroatoms. The van der Waals surface area contributed by atoms with E-state index in [-0.39, 0.29) is 18.1 Å². The second-order valence-corrected chi connectivity index (χ2v) is 4.58. The maximum Gasteiger partial charge on any atom is 0.416 e. The summed E-state index contributed by atoms with van der Waals surface area (Å²) in [6.07, 6.45) is -5.12. The zero-order valence-electron chi connectivity index (χ0n) is 11.3. The number of morpholine rings is 1. The molecular weight excluding hydrogens is 309 g/mol. The van der Waals surface area contributed by atoms with Crippen LogP contribution in [0.1, 0.15) is 11.1 Å². The second kappa shape index (κ2) is 7.11. The number of ether oxygens (including phenoxy) is 1. The highest BCUT2D eigenvalue weighted by molar-refractivity contribution is 5.95. The van der Waals surface area contributed by atoms with Gasteiger partial charge in [-0.2, -0.15) is 13.2 Å². The van der Waals surface area contributed by atoms with Gasteiger partial charge in [0.2, 0.25) is 0 Å². The van der Waals surface area contributed by atoms with E-state index in [1.807, 2.05) is 0 Å². The Bertz CT molecular complexity index is 503. The molecule has 1 aliphatic rings. The smallest absolute Gasteiger partial charge is 0.366 e. The number of amides is 1. The van der Waals surface area contributed by atoms with E-state index in [0.717, 1.165) is 12.1 Å². The van der Waals surface area contributed by atoms with Crippen molar-refractivity contribution in [1.29, 1.82) is 0 Å². The summed E-state index contributed by atoms with van der Waals surface area (Å²) >= 11 is 0. The van der Waals surface area contributed by atoms with Crippen molar-refractivity contribution in [2.45, 2.75) is 19.2 Å². The molecule has 1 aromatic carbocycles. The Hall–Kier alpha value is -1.31. The third-order valence-electron chi connectivity index (χ3n) is 3.04. The molecule has 0 radical (unpaired) electrons. The highest BCUT2D eigenvalue weighted by Gasteiger charge is 2.31. The largest absolute Gasteiger partial charge is 0.416 e. The van der Waals surface area contributed by atoms with Gasteiger partial charge in [-0.05, 0) is 24.6 Å². The van der Waals surface area contributed by atoms with E-state index in [1.165, 1.54) is 6.07 Å². The summed E-state index contributed by atoms with van der Waals surface area (Å²) in [5.41, 5.74) is -0.0739. The van der Waals surface area contributed by atoms with Crippen LogP contribution in [0.5, 0.6) is 0 Å². The molecule has 1 fully saturated rings. The Morgan fingerprint density at radius 2 is 2.14 bits per heavy atom. The van der Waals surface area contributed by atoms with E-state index in [2.05, 4.69) is 10.6 Å².